The van der Waals surface area contributed by atoms with Crippen molar-refractivity contribution in [1.82, 2.24) is 9.97 Å². The predicted molar refractivity (Wildman–Crippen MR) is 101 cm³/mol. The standard InChI is InChI=1S/C17H16FN3O2S2/c1-9-5-3-4-6-11(9)19-15(23)13-10(2)12-14(22)20-17(24-8-7-18)21-16(12)25-13/h3-6H,7-8H2,1-2H3,(H,19,23)(H,20,21,22). The van der Waals surface area contributed by atoms with Crippen molar-refractivity contribution in [3.63, 3.8) is 0 Å². The minimum Gasteiger partial charge on any atom is -0.321 e. The van der Waals surface area contributed by atoms with E-state index in [1.807, 2.05) is 31.2 Å². The first-order valence-corrected chi connectivity index (χ1v) is 9.40. The Bertz CT molecular complexity index is 997. The molecule has 3 aromatic rings. The number of thiophene rings is 1. The van der Waals surface area contributed by atoms with Crippen LogP contribution in [0.3, 0.4) is 0 Å². The summed E-state index contributed by atoms with van der Waals surface area (Å²) in [6.07, 6.45) is 0. The topological polar surface area (TPSA) is 74.8 Å². The van der Waals surface area contributed by atoms with Crippen LogP contribution in [0, 0.1) is 13.8 Å². The Balaban J connectivity index is 1.98. The van der Waals surface area contributed by atoms with Gasteiger partial charge in [-0.25, -0.2) is 4.98 Å². The van der Waals surface area contributed by atoms with Gasteiger partial charge in [0.05, 0.1) is 16.9 Å². The normalized spacial score (nSPS) is 11.0. The Morgan fingerprint density at radius 1 is 1.36 bits per heavy atom. The number of aromatic amines is 1. The number of H-pyrrole nitrogens is 1. The molecule has 2 N–H and O–H groups in total. The van der Waals surface area contributed by atoms with Crippen molar-refractivity contribution in [1.29, 1.82) is 0 Å². The number of hydrogen-bond acceptors (Lipinski definition) is 5. The second-order valence-electron chi connectivity index (χ2n) is 5.41. The molecular weight excluding hydrogens is 361 g/mol. The summed E-state index contributed by atoms with van der Waals surface area (Å²) < 4.78 is 12.3. The van der Waals surface area contributed by atoms with Crippen molar-refractivity contribution >= 4 is 44.9 Å². The van der Waals surface area contributed by atoms with E-state index in [4.69, 9.17) is 0 Å². The molecule has 0 radical (unpaired) electrons. The lowest BCUT2D eigenvalue weighted by molar-refractivity contribution is 0.103. The molecule has 0 aliphatic carbocycles. The van der Waals surface area contributed by atoms with Gasteiger partial charge in [-0.2, -0.15) is 0 Å². The third kappa shape index (κ3) is 3.59. The van der Waals surface area contributed by atoms with Crippen LogP contribution >= 0.6 is 23.1 Å². The molecule has 2 aromatic heterocycles. The number of halogens is 1. The number of carbonyl (C=O) groups excluding carboxylic acids is 1. The minimum absolute atomic E-state index is 0.222. The summed E-state index contributed by atoms with van der Waals surface area (Å²) in [5, 5.41) is 3.64. The molecule has 0 fully saturated rings. The maximum absolute atomic E-state index is 12.6. The molecule has 1 amide bonds. The van der Waals surface area contributed by atoms with Gasteiger partial charge < -0.3 is 10.3 Å². The molecule has 3 rings (SSSR count). The van der Waals surface area contributed by atoms with Crippen molar-refractivity contribution in [3.05, 3.63) is 50.6 Å². The quantitative estimate of drug-likeness (QED) is 0.522. The van der Waals surface area contributed by atoms with Crippen LogP contribution in [0.5, 0.6) is 0 Å². The Kier molecular flexibility index (Phi) is 5.19. The highest BCUT2D eigenvalue weighted by Crippen LogP contribution is 2.29. The molecule has 0 unspecified atom stereocenters. The number of benzene rings is 1. The zero-order valence-electron chi connectivity index (χ0n) is 13.7. The highest BCUT2D eigenvalue weighted by atomic mass is 32.2. The third-order valence-corrected chi connectivity index (χ3v) is 5.70. The van der Waals surface area contributed by atoms with Gasteiger partial charge in [0.1, 0.15) is 4.83 Å². The first-order valence-electron chi connectivity index (χ1n) is 7.60. The molecule has 0 spiro atoms. The number of amides is 1. The number of aromatic nitrogens is 2. The van der Waals surface area contributed by atoms with E-state index in [1.54, 1.807) is 6.92 Å². The van der Waals surface area contributed by atoms with E-state index in [-0.39, 0.29) is 17.2 Å². The molecule has 0 saturated heterocycles. The highest BCUT2D eigenvalue weighted by molar-refractivity contribution is 7.99. The van der Waals surface area contributed by atoms with Crippen molar-refractivity contribution in [2.24, 2.45) is 0 Å². The second-order valence-corrected chi connectivity index (χ2v) is 7.50. The van der Waals surface area contributed by atoms with Crippen LogP contribution in [0.15, 0.2) is 34.2 Å². The van der Waals surface area contributed by atoms with E-state index in [0.717, 1.165) is 23.0 Å². The first kappa shape index (κ1) is 17.6. The lowest BCUT2D eigenvalue weighted by Crippen LogP contribution is -2.13. The molecule has 8 heteroatoms. The van der Waals surface area contributed by atoms with Crippen LogP contribution in [0.2, 0.25) is 0 Å². The van der Waals surface area contributed by atoms with Crippen LogP contribution in [0.25, 0.3) is 10.2 Å². The van der Waals surface area contributed by atoms with Gasteiger partial charge in [0.15, 0.2) is 5.16 Å². The number of fused-ring (bicyclic) bond motifs is 1. The summed E-state index contributed by atoms with van der Waals surface area (Å²) in [6.45, 7) is 3.14. The molecule has 0 bridgehead atoms. The Morgan fingerprint density at radius 2 is 2.12 bits per heavy atom. The van der Waals surface area contributed by atoms with Gasteiger partial charge in [0.2, 0.25) is 0 Å². The van der Waals surface area contributed by atoms with Gasteiger partial charge in [0.25, 0.3) is 11.5 Å². The molecule has 1 aromatic carbocycles. The summed E-state index contributed by atoms with van der Waals surface area (Å²) in [5.74, 6) is -0.0495. The van der Waals surface area contributed by atoms with Crippen LogP contribution in [0.1, 0.15) is 20.8 Å². The maximum Gasteiger partial charge on any atom is 0.266 e. The SMILES string of the molecule is Cc1ccccc1NC(=O)c1sc2nc(SCCF)[nH]c(=O)c2c1C. The van der Waals surface area contributed by atoms with E-state index in [9.17, 15) is 14.0 Å². The lowest BCUT2D eigenvalue weighted by atomic mass is 10.2. The predicted octanol–water partition coefficient (Wildman–Crippen LogP) is 3.92. The smallest absolute Gasteiger partial charge is 0.266 e. The van der Waals surface area contributed by atoms with E-state index < -0.39 is 6.67 Å². The van der Waals surface area contributed by atoms with Gasteiger partial charge in [-0.15, -0.1) is 11.3 Å². The van der Waals surface area contributed by atoms with Crippen LogP contribution < -0.4 is 10.9 Å². The summed E-state index contributed by atoms with van der Waals surface area (Å²) >= 11 is 2.31. The molecule has 0 aliphatic heterocycles. The highest BCUT2D eigenvalue weighted by Gasteiger charge is 2.20. The Labute approximate surface area is 151 Å². The fourth-order valence-corrected chi connectivity index (χ4v) is 4.16. The molecule has 0 saturated carbocycles. The number of anilines is 1. The van der Waals surface area contributed by atoms with Crippen molar-refractivity contribution in [2.45, 2.75) is 19.0 Å². The van der Waals surface area contributed by atoms with E-state index in [1.165, 1.54) is 11.3 Å². The molecule has 5 nitrogen and oxygen atoms in total. The third-order valence-electron chi connectivity index (χ3n) is 3.69. The average Bonchev–Trinajstić information content (AvgIpc) is 2.92. The summed E-state index contributed by atoms with van der Waals surface area (Å²) in [5.41, 5.74) is 1.97. The van der Waals surface area contributed by atoms with Gasteiger partial charge in [-0.3, -0.25) is 14.0 Å². The van der Waals surface area contributed by atoms with Gasteiger partial charge in [-0.05, 0) is 31.0 Å². The molecule has 25 heavy (non-hydrogen) atoms. The molecule has 2 heterocycles. The number of carbonyl (C=O) groups is 1. The number of nitrogens with one attached hydrogen (secondary N) is 2. The van der Waals surface area contributed by atoms with Crippen LogP contribution in [-0.4, -0.2) is 28.3 Å². The molecule has 130 valence electrons. The van der Waals surface area contributed by atoms with Crippen molar-refractivity contribution in [2.75, 3.05) is 17.7 Å². The van der Waals surface area contributed by atoms with Gasteiger partial charge in [-0.1, -0.05) is 30.0 Å². The van der Waals surface area contributed by atoms with Crippen LogP contribution in [0.4, 0.5) is 10.1 Å². The second kappa shape index (κ2) is 7.37. The lowest BCUT2D eigenvalue weighted by Gasteiger charge is -2.07. The number of thioether (sulfide) groups is 1. The number of para-hydroxylation sites is 1. The monoisotopic (exact) mass is 377 g/mol. The number of hydrogen-bond donors (Lipinski definition) is 2. The number of rotatable bonds is 5. The Morgan fingerprint density at radius 3 is 2.84 bits per heavy atom. The summed E-state index contributed by atoms with van der Waals surface area (Å²) in [4.78, 5) is 32.8. The van der Waals surface area contributed by atoms with Gasteiger partial charge >= 0.3 is 0 Å². The van der Waals surface area contributed by atoms with Gasteiger partial charge in [0, 0.05) is 11.4 Å². The first-order chi connectivity index (χ1) is 12.0. The zero-order valence-corrected chi connectivity index (χ0v) is 15.3. The largest absolute Gasteiger partial charge is 0.321 e. The number of nitrogens with zero attached hydrogens (tertiary/aromatic N) is 1. The van der Waals surface area contributed by atoms with E-state index in [0.29, 0.717) is 25.8 Å². The molecule has 0 atom stereocenters. The minimum atomic E-state index is -0.500. The number of aryl methyl sites for hydroxylation is 2. The summed E-state index contributed by atoms with van der Waals surface area (Å²) in [7, 11) is 0. The van der Waals surface area contributed by atoms with Crippen molar-refractivity contribution in [3.8, 4) is 0 Å². The van der Waals surface area contributed by atoms with E-state index in [2.05, 4.69) is 15.3 Å². The molecular formula is C17H16FN3O2S2. The fourth-order valence-electron chi connectivity index (χ4n) is 2.44. The van der Waals surface area contributed by atoms with Crippen molar-refractivity contribution < 1.29 is 9.18 Å². The number of alkyl halides is 1. The molecule has 0 aliphatic rings. The Hall–Kier alpha value is -2.19. The summed E-state index contributed by atoms with van der Waals surface area (Å²) in [6, 6.07) is 7.48. The van der Waals surface area contributed by atoms with Crippen LogP contribution in [-0.2, 0) is 0 Å². The average molecular weight is 377 g/mol. The fraction of sp³-hybridized carbons (Fsp3) is 0.235. The maximum atomic E-state index is 12.6. The van der Waals surface area contributed by atoms with E-state index >= 15 is 0 Å². The zero-order chi connectivity index (χ0) is 18.0.